The minimum absolute atomic E-state index is 0.319. The van der Waals surface area contributed by atoms with Crippen LogP contribution in [0, 0.1) is 0 Å². The summed E-state index contributed by atoms with van der Waals surface area (Å²) in [7, 11) is 1.66. The second-order valence-corrected chi connectivity index (χ2v) is 5.21. The Morgan fingerprint density at radius 3 is 2.62 bits per heavy atom. The first kappa shape index (κ1) is 13.5. The highest BCUT2D eigenvalue weighted by molar-refractivity contribution is 5.84. The van der Waals surface area contributed by atoms with Gasteiger partial charge in [-0.05, 0) is 30.2 Å². The molecule has 1 aromatic carbocycles. The molecule has 0 N–H and O–H groups in total. The third-order valence-electron chi connectivity index (χ3n) is 3.40. The zero-order valence-corrected chi connectivity index (χ0v) is 12.4. The molecule has 106 valence electrons. The molecule has 0 unspecified atom stereocenters. The molecule has 0 aliphatic rings. The molecule has 4 heteroatoms. The van der Waals surface area contributed by atoms with Gasteiger partial charge in [-0.25, -0.2) is 9.97 Å². The van der Waals surface area contributed by atoms with Crippen molar-refractivity contribution >= 4 is 10.9 Å². The zero-order valence-electron chi connectivity index (χ0n) is 12.4. The van der Waals surface area contributed by atoms with Crippen LogP contribution in [0.5, 0.6) is 5.75 Å². The number of benzene rings is 1. The number of ether oxygens (including phenoxy) is 1. The third-order valence-corrected chi connectivity index (χ3v) is 3.40. The monoisotopic (exact) mass is 279 g/mol. The van der Waals surface area contributed by atoms with Gasteiger partial charge in [0.1, 0.15) is 5.75 Å². The fourth-order valence-electron chi connectivity index (χ4n) is 2.33. The van der Waals surface area contributed by atoms with E-state index in [0.717, 1.165) is 27.9 Å². The van der Waals surface area contributed by atoms with Crippen molar-refractivity contribution in [1.82, 2.24) is 15.0 Å². The van der Waals surface area contributed by atoms with Gasteiger partial charge in [0.25, 0.3) is 0 Å². The highest BCUT2D eigenvalue weighted by Gasteiger charge is 2.12. The van der Waals surface area contributed by atoms with Crippen LogP contribution < -0.4 is 4.74 Å². The number of hydrogen-bond donors (Lipinski definition) is 0. The summed E-state index contributed by atoms with van der Waals surface area (Å²) in [5, 5.41) is 1.07. The third kappa shape index (κ3) is 2.57. The average molecular weight is 279 g/mol. The summed E-state index contributed by atoms with van der Waals surface area (Å²) in [5.41, 5.74) is 2.86. The maximum Gasteiger partial charge on any atom is 0.161 e. The number of hydrogen-bond acceptors (Lipinski definition) is 4. The predicted octanol–water partition coefficient (Wildman–Crippen LogP) is 3.82. The van der Waals surface area contributed by atoms with E-state index in [0.29, 0.717) is 11.7 Å². The number of rotatable bonds is 3. The van der Waals surface area contributed by atoms with E-state index in [-0.39, 0.29) is 0 Å². The van der Waals surface area contributed by atoms with Crippen molar-refractivity contribution < 1.29 is 4.74 Å². The summed E-state index contributed by atoms with van der Waals surface area (Å²) in [5.74, 6) is 1.82. The Kier molecular flexibility index (Phi) is 3.52. The maximum absolute atomic E-state index is 5.30. The SMILES string of the molecule is COc1ccc2c(C(C)C)nc(-c3cccnc3)nc2c1. The van der Waals surface area contributed by atoms with Gasteiger partial charge in [0.2, 0.25) is 0 Å². The van der Waals surface area contributed by atoms with Crippen molar-refractivity contribution in [2.75, 3.05) is 7.11 Å². The van der Waals surface area contributed by atoms with Gasteiger partial charge in [-0.2, -0.15) is 0 Å². The topological polar surface area (TPSA) is 47.9 Å². The summed E-state index contributed by atoms with van der Waals surface area (Å²) < 4.78 is 5.30. The molecule has 0 radical (unpaired) electrons. The summed E-state index contributed by atoms with van der Waals surface area (Å²) in [6.45, 7) is 4.28. The Balaban J connectivity index is 2.27. The van der Waals surface area contributed by atoms with Crippen LogP contribution >= 0.6 is 0 Å². The van der Waals surface area contributed by atoms with Gasteiger partial charge < -0.3 is 4.74 Å². The first-order valence-corrected chi connectivity index (χ1v) is 6.95. The molecule has 0 saturated carbocycles. The Labute approximate surface area is 123 Å². The largest absolute Gasteiger partial charge is 0.497 e. The lowest BCUT2D eigenvalue weighted by molar-refractivity contribution is 0.415. The number of nitrogens with zero attached hydrogens (tertiary/aromatic N) is 3. The molecule has 2 heterocycles. The second-order valence-electron chi connectivity index (χ2n) is 5.21. The lowest BCUT2D eigenvalue weighted by Crippen LogP contribution is -2.00. The molecule has 0 bridgehead atoms. The fourth-order valence-corrected chi connectivity index (χ4v) is 2.33. The number of methoxy groups -OCH3 is 1. The van der Waals surface area contributed by atoms with Gasteiger partial charge in [-0.1, -0.05) is 13.8 Å². The first-order chi connectivity index (χ1) is 10.2. The maximum atomic E-state index is 5.30. The summed E-state index contributed by atoms with van der Waals surface area (Å²) in [4.78, 5) is 13.5. The minimum atomic E-state index is 0.319. The average Bonchev–Trinajstić information content (AvgIpc) is 2.53. The molecule has 0 aliphatic carbocycles. The lowest BCUT2D eigenvalue weighted by atomic mass is 10.0. The molecule has 0 spiro atoms. The van der Waals surface area contributed by atoms with Crippen molar-refractivity contribution in [2.24, 2.45) is 0 Å². The number of aromatic nitrogens is 3. The van der Waals surface area contributed by atoms with Gasteiger partial charge >= 0.3 is 0 Å². The van der Waals surface area contributed by atoms with Crippen LogP contribution in [0.15, 0.2) is 42.7 Å². The van der Waals surface area contributed by atoms with Crippen LogP contribution in [0.25, 0.3) is 22.3 Å². The molecule has 21 heavy (non-hydrogen) atoms. The van der Waals surface area contributed by atoms with Gasteiger partial charge in [0, 0.05) is 29.4 Å². The van der Waals surface area contributed by atoms with Crippen LogP contribution in [0.4, 0.5) is 0 Å². The van der Waals surface area contributed by atoms with E-state index in [9.17, 15) is 0 Å². The number of pyridine rings is 1. The molecule has 0 fully saturated rings. The van der Waals surface area contributed by atoms with Crippen LogP contribution in [0.1, 0.15) is 25.5 Å². The molecule has 0 amide bonds. The van der Waals surface area contributed by atoms with E-state index in [1.807, 2.05) is 30.3 Å². The van der Waals surface area contributed by atoms with E-state index in [1.54, 1.807) is 19.5 Å². The normalized spacial score (nSPS) is 11.0. The van der Waals surface area contributed by atoms with Crippen LogP contribution in [-0.4, -0.2) is 22.1 Å². The minimum Gasteiger partial charge on any atom is -0.497 e. The Bertz CT molecular complexity index is 770. The van der Waals surface area contributed by atoms with Gasteiger partial charge in [0.15, 0.2) is 5.82 Å². The molecule has 0 saturated heterocycles. The van der Waals surface area contributed by atoms with E-state index in [2.05, 4.69) is 23.8 Å². The second kappa shape index (κ2) is 5.48. The predicted molar refractivity (Wildman–Crippen MR) is 83.4 cm³/mol. The molecule has 4 nitrogen and oxygen atoms in total. The van der Waals surface area contributed by atoms with Crippen LogP contribution in [0.2, 0.25) is 0 Å². The zero-order chi connectivity index (χ0) is 14.8. The Morgan fingerprint density at radius 1 is 1.10 bits per heavy atom. The standard InChI is InChI=1S/C17H17N3O/c1-11(2)16-14-7-6-13(21-3)9-15(14)19-17(20-16)12-5-4-8-18-10-12/h4-11H,1-3H3. The fraction of sp³-hybridized carbons (Fsp3) is 0.235. The van der Waals surface area contributed by atoms with Gasteiger partial charge in [-0.15, -0.1) is 0 Å². The van der Waals surface area contributed by atoms with Crippen molar-refractivity contribution in [1.29, 1.82) is 0 Å². The van der Waals surface area contributed by atoms with E-state index >= 15 is 0 Å². The van der Waals surface area contributed by atoms with E-state index in [4.69, 9.17) is 9.72 Å². The van der Waals surface area contributed by atoms with Crippen molar-refractivity contribution in [3.05, 3.63) is 48.4 Å². The van der Waals surface area contributed by atoms with E-state index in [1.165, 1.54) is 0 Å². The van der Waals surface area contributed by atoms with Gasteiger partial charge in [-0.3, -0.25) is 4.98 Å². The van der Waals surface area contributed by atoms with Crippen molar-refractivity contribution in [3.8, 4) is 17.1 Å². The highest BCUT2D eigenvalue weighted by atomic mass is 16.5. The quantitative estimate of drug-likeness (QED) is 0.731. The molecule has 3 rings (SSSR count). The van der Waals surface area contributed by atoms with Crippen molar-refractivity contribution in [2.45, 2.75) is 19.8 Å². The molecule has 2 aromatic heterocycles. The van der Waals surface area contributed by atoms with Crippen LogP contribution in [0.3, 0.4) is 0 Å². The summed E-state index contributed by atoms with van der Waals surface area (Å²) >= 11 is 0. The Hall–Kier alpha value is -2.49. The summed E-state index contributed by atoms with van der Waals surface area (Å²) in [6, 6.07) is 9.78. The molecule has 0 aliphatic heterocycles. The molecule has 0 atom stereocenters. The Morgan fingerprint density at radius 2 is 1.95 bits per heavy atom. The highest BCUT2D eigenvalue weighted by Crippen LogP contribution is 2.28. The summed E-state index contributed by atoms with van der Waals surface area (Å²) in [6.07, 6.45) is 3.53. The van der Waals surface area contributed by atoms with E-state index < -0.39 is 0 Å². The smallest absolute Gasteiger partial charge is 0.161 e. The van der Waals surface area contributed by atoms with Crippen LogP contribution in [-0.2, 0) is 0 Å². The molecular weight excluding hydrogens is 262 g/mol. The lowest BCUT2D eigenvalue weighted by Gasteiger charge is -2.12. The molecular formula is C17H17N3O. The first-order valence-electron chi connectivity index (χ1n) is 6.95. The van der Waals surface area contributed by atoms with Gasteiger partial charge in [0.05, 0.1) is 18.3 Å². The number of fused-ring (bicyclic) bond motifs is 1. The van der Waals surface area contributed by atoms with Crippen molar-refractivity contribution in [3.63, 3.8) is 0 Å². The molecule has 3 aromatic rings.